The molecule has 0 aliphatic carbocycles. The molecular formula is C24H17F2N4NaO6S2. The van der Waals surface area contributed by atoms with Crippen molar-refractivity contribution >= 4 is 42.8 Å². The van der Waals surface area contributed by atoms with E-state index in [0.717, 1.165) is 28.9 Å². The first-order valence-corrected chi connectivity index (χ1v) is 14.2. The van der Waals surface area contributed by atoms with Crippen molar-refractivity contribution in [2.24, 2.45) is 4.40 Å². The number of hydrogen-bond acceptors (Lipinski definition) is 7. The zero-order chi connectivity index (χ0) is 27.4. The zero-order valence-electron chi connectivity index (χ0n) is 20.4. The van der Waals surface area contributed by atoms with Crippen LogP contribution in [0.1, 0.15) is 16.7 Å². The van der Waals surface area contributed by atoms with Crippen LogP contribution in [0.4, 0.5) is 20.2 Å². The second-order valence-electron chi connectivity index (χ2n) is 8.52. The van der Waals surface area contributed by atoms with Crippen molar-refractivity contribution in [3.63, 3.8) is 0 Å². The molecule has 5 rings (SSSR count). The van der Waals surface area contributed by atoms with E-state index in [1.54, 1.807) is 6.07 Å². The van der Waals surface area contributed by atoms with E-state index in [2.05, 4.69) is 14.4 Å². The number of nitrogens with one attached hydrogen (secondary N) is 2. The smallest absolute Gasteiger partial charge is 0.859 e. The second kappa shape index (κ2) is 10.4. The number of benzene rings is 2. The molecule has 3 heterocycles. The number of amidine groups is 1. The van der Waals surface area contributed by atoms with Crippen LogP contribution in [0.25, 0.3) is 5.52 Å². The number of nitrogens with zero attached hydrogens (tertiary/aromatic N) is 2. The molecule has 0 unspecified atom stereocenters. The summed E-state index contributed by atoms with van der Waals surface area (Å²) < 4.78 is 83.6. The van der Waals surface area contributed by atoms with Gasteiger partial charge in [-0.3, -0.25) is 9.52 Å². The number of fused-ring (bicyclic) bond motifs is 2. The van der Waals surface area contributed by atoms with E-state index in [0.29, 0.717) is 6.07 Å². The second-order valence-corrected chi connectivity index (χ2v) is 11.8. The van der Waals surface area contributed by atoms with Gasteiger partial charge in [0.25, 0.3) is 10.0 Å². The van der Waals surface area contributed by atoms with E-state index in [9.17, 15) is 35.5 Å². The van der Waals surface area contributed by atoms with Gasteiger partial charge in [-0.15, -0.1) is 4.40 Å². The topological polar surface area (TPSA) is 149 Å². The summed E-state index contributed by atoms with van der Waals surface area (Å²) >= 11 is 0. The van der Waals surface area contributed by atoms with Gasteiger partial charge in [0.15, 0.2) is 11.3 Å². The van der Waals surface area contributed by atoms with Crippen LogP contribution in [0.3, 0.4) is 0 Å². The minimum atomic E-state index is -4.48. The molecule has 0 bridgehead atoms. The molecule has 0 atom stereocenters. The molecule has 0 spiro atoms. The van der Waals surface area contributed by atoms with Crippen molar-refractivity contribution in [2.75, 3.05) is 16.3 Å². The quantitative estimate of drug-likeness (QED) is 0.292. The summed E-state index contributed by atoms with van der Waals surface area (Å²) in [6.45, 7) is 0. The Morgan fingerprint density at radius 3 is 2.44 bits per heavy atom. The molecule has 2 N–H and O–H groups in total. The predicted molar refractivity (Wildman–Crippen MR) is 135 cm³/mol. The molecule has 4 aromatic rings. The number of rotatable bonds is 5. The monoisotopic (exact) mass is 582 g/mol. The van der Waals surface area contributed by atoms with Crippen molar-refractivity contribution in [3.8, 4) is 5.88 Å². The Kier molecular flexibility index (Phi) is 7.62. The Labute approximate surface area is 243 Å². The summed E-state index contributed by atoms with van der Waals surface area (Å²) in [5.41, 5.74) is -1.25. The number of aromatic nitrogens is 1. The van der Waals surface area contributed by atoms with Crippen molar-refractivity contribution in [2.45, 2.75) is 11.3 Å². The van der Waals surface area contributed by atoms with E-state index in [4.69, 9.17) is 0 Å². The molecule has 39 heavy (non-hydrogen) atoms. The minimum Gasteiger partial charge on any atom is -0.859 e. The predicted octanol–water partition coefficient (Wildman–Crippen LogP) is -0.821. The van der Waals surface area contributed by atoms with Gasteiger partial charge in [0, 0.05) is 29.9 Å². The summed E-state index contributed by atoms with van der Waals surface area (Å²) in [6, 6.07) is 11.0. The van der Waals surface area contributed by atoms with Crippen LogP contribution in [0, 0.1) is 11.6 Å². The summed E-state index contributed by atoms with van der Waals surface area (Å²) in [7, 11) is -8.18. The number of anilines is 2. The van der Waals surface area contributed by atoms with Crippen LogP contribution in [-0.4, -0.2) is 33.3 Å². The van der Waals surface area contributed by atoms with Crippen molar-refractivity contribution < 1.29 is 60.3 Å². The van der Waals surface area contributed by atoms with Crippen molar-refractivity contribution in [1.29, 1.82) is 0 Å². The molecule has 0 saturated heterocycles. The number of sulfonamides is 2. The van der Waals surface area contributed by atoms with Crippen LogP contribution in [-0.2, 0) is 26.5 Å². The molecule has 196 valence electrons. The first-order chi connectivity index (χ1) is 17.8. The third kappa shape index (κ3) is 5.70. The molecule has 10 nitrogen and oxygen atoms in total. The third-order valence-electron chi connectivity index (χ3n) is 5.67. The van der Waals surface area contributed by atoms with Crippen molar-refractivity contribution in [3.05, 3.63) is 99.3 Å². The van der Waals surface area contributed by atoms with Gasteiger partial charge in [0.05, 0.1) is 23.0 Å². The molecule has 0 saturated carbocycles. The average Bonchev–Trinajstić information content (AvgIpc) is 2.80. The summed E-state index contributed by atoms with van der Waals surface area (Å²) in [6.07, 6.45) is 2.00. The van der Waals surface area contributed by atoms with E-state index < -0.39 is 54.4 Å². The Bertz CT molecular complexity index is 1940. The maximum atomic E-state index is 13.8. The molecular weight excluding hydrogens is 565 g/mol. The normalized spacial score (nSPS) is 14.1. The van der Waals surface area contributed by atoms with Gasteiger partial charge < -0.3 is 14.8 Å². The molecule has 0 amide bonds. The summed E-state index contributed by atoms with van der Waals surface area (Å²) in [4.78, 5) is 13.2. The van der Waals surface area contributed by atoms with E-state index in [1.807, 2.05) is 0 Å². The van der Waals surface area contributed by atoms with E-state index in [-0.39, 0.29) is 68.9 Å². The standard InChI is InChI=1S/C24H18F2N4O6S2.Na/c1-37(33,34)28-16-5-6-18-20(12-16)38(35,36)29-23(27-18)21-22(31)17(10-13-8-14(25)11-15(26)9-13)19-4-2-3-7-30(19)24(21)32;/h2-9,11-12,28,32H,10H2,1H3,(H,27,29);/q;+1/p-1. The van der Waals surface area contributed by atoms with Gasteiger partial charge in [-0.2, -0.15) is 8.42 Å². The Morgan fingerprint density at radius 2 is 1.77 bits per heavy atom. The maximum Gasteiger partial charge on any atom is 1.00 e. The van der Waals surface area contributed by atoms with Crippen LogP contribution < -0.4 is 50.1 Å². The average molecular weight is 583 g/mol. The maximum absolute atomic E-state index is 13.8. The number of halogens is 2. The first-order valence-electron chi connectivity index (χ1n) is 10.8. The van der Waals surface area contributed by atoms with Crippen molar-refractivity contribution in [1.82, 2.24) is 4.40 Å². The SMILES string of the molecule is CS(=O)(=O)Nc1ccc2c(c1)S(=O)(=O)N=C(c1c([O-])n3ccccc3c(Cc3cc(F)cc(F)c3)c1=O)N2.[Na+]. The molecule has 0 fully saturated rings. The Hall–Kier alpha value is -3.30. The van der Waals surface area contributed by atoms with Crippen LogP contribution in [0.5, 0.6) is 5.88 Å². The zero-order valence-corrected chi connectivity index (χ0v) is 24.0. The van der Waals surface area contributed by atoms with E-state index >= 15 is 0 Å². The molecule has 0 radical (unpaired) electrons. The van der Waals surface area contributed by atoms with Gasteiger partial charge >= 0.3 is 29.6 Å². The van der Waals surface area contributed by atoms with Gasteiger partial charge in [0.2, 0.25) is 10.0 Å². The van der Waals surface area contributed by atoms with E-state index in [1.165, 1.54) is 30.5 Å². The fourth-order valence-corrected chi connectivity index (χ4v) is 5.90. The van der Waals surface area contributed by atoms with Crippen LogP contribution >= 0.6 is 0 Å². The Morgan fingerprint density at radius 1 is 1.08 bits per heavy atom. The third-order valence-corrected chi connectivity index (χ3v) is 7.59. The molecule has 2 aromatic heterocycles. The molecule has 15 heteroatoms. The van der Waals surface area contributed by atoms with Gasteiger partial charge in [-0.25, -0.2) is 17.2 Å². The summed E-state index contributed by atoms with van der Waals surface area (Å²) in [5.74, 6) is -3.10. The molecule has 1 aliphatic rings. The van der Waals surface area contributed by atoms with Crippen LogP contribution in [0.2, 0.25) is 0 Å². The van der Waals surface area contributed by atoms with Gasteiger partial charge in [-0.05, 0) is 53.9 Å². The first kappa shape index (κ1) is 28.7. The minimum absolute atomic E-state index is 0. The number of hydrogen-bond donors (Lipinski definition) is 2. The molecule has 2 aromatic carbocycles. The fourth-order valence-electron chi connectivity index (χ4n) is 4.19. The Balaban J connectivity index is 0.00000353. The molecule has 1 aliphatic heterocycles. The number of pyridine rings is 2. The summed E-state index contributed by atoms with van der Waals surface area (Å²) in [5, 5.41) is 16.0. The fraction of sp³-hybridized carbons (Fsp3) is 0.0833. The van der Waals surface area contributed by atoms with Gasteiger partial charge in [0.1, 0.15) is 16.5 Å². The van der Waals surface area contributed by atoms with Gasteiger partial charge in [-0.1, -0.05) is 6.07 Å². The largest absolute Gasteiger partial charge is 1.00 e. The van der Waals surface area contributed by atoms with Crippen LogP contribution in [0.15, 0.2) is 74.9 Å².